The Balaban J connectivity index is 1.29. The molecular weight excluding hydrogens is 422 g/mol. The van der Waals surface area contributed by atoms with Crippen molar-refractivity contribution in [2.75, 3.05) is 19.6 Å². The summed E-state index contributed by atoms with van der Waals surface area (Å²) < 4.78 is 11.1. The number of aryl methyl sites for hydroxylation is 2. The molecule has 2 atom stereocenters. The van der Waals surface area contributed by atoms with Crippen molar-refractivity contribution >= 4 is 11.8 Å². The lowest BCUT2D eigenvalue weighted by Gasteiger charge is -2.35. The third-order valence-corrected chi connectivity index (χ3v) is 6.51. The Labute approximate surface area is 191 Å². The normalized spacial score (nSPS) is 20.9. The highest BCUT2D eigenvalue weighted by molar-refractivity contribution is 5.98. The van der Waals surface area contributed by atoms with Crippen LogP contribution in [0.15, 0.2) is 39.5 Å². The maximum Gasteiger partial charge on any atom is 0.258 e. The zero-order chi connectivity index (χ0) is 22.9. The van der Waals surface area contributed by atoms with E-state index in [9.17, 15) is 9.59 Å². The lowest BCUT2D eigenvalue weighted by molar-refractivity contribution is -0.136. The first-order valence-electron chi connectivity index (χ1n) is 11.4. The number of carbonyl (C=O) groups excluding carboxylic acids is 2. The summed E-state index contributed by atoms with van der Waals surface area (Å²) in [6.45, 7) is 5.36. The number of pyridine rings is 1. The van der Waals surface area contributed by atoms with E-state index in [0.29, 0.717) is 54.9 Å². The Bertz CT molecular complexity index is 1150. The molecule has 9 heteroatoms. The lowest BCUT2D eigenvalue weighted by Crippen LogP contribution is -2.50. The van der Waals surface area contributed by atoms with Gasteiger partial charge in [-0.3, -0.25) is 14.6 Å². The second kappa shape index (κ2) is 8.80. The number of rotatable bonds is 4. The first-order valence-corrected chi connectivity index (χ1v) is 11.4. The average Bonchev–Trinajstić information content (AvgIpc) is 3.59. The molecule has 2 amide bonds. The monoisotopic (exact) mass is 449 g/mol. The first-order chi connectivity index (χ1) is 16.0. The smallest absolute Gasteiger partial charge is 0.258 e. The maximum atomic E-state index is 13.5. The fraction of sp³-hybridized carbons (Fsp3) is 0.458. The summed E-state index contributed by atoms with van der Waals surface area (Å²) in [6.07, 6.45) is 6.60. The minimum absolute atomic E-state index is 0.00424. The number of likely N-dealkylation sites (tertiary alicyclic amines) is 2. The van der Waals surface area contributed by atoms with Gasteiger partial charge in [-0.15, -0.1) is 0 Å². The van der Waals surface area contributed by atoms with Crippen LogP contribution in [0.4, 0.5) is 0 Å². The Kier molecular flexibility index (Phi) is 5.70. The number of aromatic nitrogens is 3. The fourth-order valence-electron chi connectivity index (χ4n) is 4.87. The van der Waals surface area contributed by atoms with Crippen molar-refractivity contribution in [2.24, 2.45) is 0 Å². The fourth-order valence-corrected chi connectivity index (χ4v) is 4.87. The number of carbonyl (C=O) groups is 2. The van der Waals surface area contributed by atoms with Crippen LogP contribution in [0.3, 0.4) is 0 Å². The van der Waals surface area contributed by atoms with Gasteiger partial charge < -0.3 is 18.7 Å². The second-order valence-electron chi connectivity index (χ2n) is 8.80. The van der Waals surface area contributed by atoms with Crippen molar-refractivity contribution in [3.05, 3.63) is 53.6 Å². The van der Waals surface area contributed by atoms with Crippen LogP contribution in [0.1, 0.15) is 59.4 Å². The van der Waals surface area contributed by atoms with E-state index in [0.717, 1.165) is 24.8 Å². The molecule has 2 aliphatic rings. The topological polar surface area (TPSA) is 106 Å². The molecule has 2 unspecified atom stereocenters. The zero-order valence-electron chi connectivity index (χ0n) is 18.9. The van der Waals surface area contributed by atoms with Crippen molar-refractivity contribution in [3.63, 3.8) is 0 Å². The summed E-state index contributed by atoms with van der Waals surface area (Å²) in [6, 6.07) is 5.02. The molecule has 33 heavy (non-hydrogen) atoms. The predicted octanol–water partition coefficient (Wildman–Crippen LogP) is 3.35. The summed E-state index contributed by atoms with van der Waals surface area (Å²) >= 11 is 0. The third kappa shape index (κ3) is 4.15. The molecule has 3 aromatic heterocycles. The molecule has 0 bridgehead atoms. The van der Waals surface area contributed by atoms with E-state index in [2.05, 4.69) is 15.1 Å². The average molecular weight is 450 g/mol. The molecule has 0 spiro atoms. The lowest BCUT2D eigenvalue weighted by atomic mass is 9.97. The van der Waals surface area contributed by atoms with Gasteiger partial charge in [0.15, 0.2) is 0 Å². The maximum absolute atomic E-state index is 13.5. The van der Waals surface area contributed by atoms with Gasteiger partial charge in [-0.05, 0) is 57.7 Å². The van der Waals surface area contributed by atoms with Crippen LogP contribution in [0, 0.1) is 13.8 Å². The highest BCUT2D eigenvalue weighted by Crippen LogP contribution is 2.30. The van der Waals surface area contributed by atoms with E-state index < -0.39 is 6.04 Å². The van der Waals surface area contributed by atoms with Gasteiger partial charge >= 0.3 is 0 Å². The van der Waals surface area contributed by atoms with E-state index in [1.807, 2.05) is 24.0 Å². The largest absolute Gasteiger partial charge is 0.466 e. The molecule has 172 valence electrons. The van der Waals surface area contributed by atoms with E-state index in [-0.39, 0.29) is 17.7 Å². The summed E-state index contributed by atoms with van der Waals surface area (Å²) in [5, 5.41) is 4.10. The van der Waals surface area contributed by atoms with Crippen LogP contribution >= 0.6 is 0 Å². The van der Waals surface area contributed by atoms with Crippen molar-refractivity contribution in [2.45, 2.75) is 51.5 Å². The van der Waals surface area contributed by atoms with Gasteiger partial charge in [-0.2, -0.15) is 4.98 Å². The van der Waals surface area contributed by atoms with Crippen molar-refractivity contribution in [3.8, 4) is 11.4 Å². The van der Waals surface area contributed by atoms with Crippen LogP contribution in [-0.4, -0.2) is 62.4 Å². The summed E-state index contributed by atoms with van der Waals surface area (Å²) in [5.41, 5.74) is 1.33. The molecule has 0 saturated carbocycles. The third-order valence-electron chi connectivity index (χ3n) is 6.51. The van der Waals surface area contributed by atoms with E-state index in [4.69, 9.17) is 8.94 Å². The van der Waals surface area contributed by atoms with Gasteiger partial charge in [0.25, 0.3) is 5.91 Å². The molecule has 9 nitrogen and oxygen atoms in total. The van der Waals surface area contributed by atoms with Gasteiger partial charge in [0, 0.05) is 37.6 Å². The number of hydrogen-bond donors (Lipinski definition) is 0. The number of nitrogens with zero attached hydrogens (tertiary/aromatic N) is 5. The van der Waals surface area contributed by atoms with Gasteiger partial charge in [0.1, 0.15) is 17.6 Å². The molecular formula is C24H27N5O4. The number of furan rings is 1. The molecule has 2 fully saturated rings. The van der Waals surface area contributed by atoms with E-state index >= 15 is 0 Å². The number of amides is 2. The molecule has 5 rings (SSSR count). The molecule has 0 N–H and O–H groups in total. The van der Waals surface area contributed by atoms with Crippen molar-refractivity contribution in [1.82, 2.24) is 24.9 Å². The summed E-state index contributed by atoms with van der Waals surface area (Å²) in [4.78, 5) is 38.8. The number of piperidine rings is 1. The van der Waals surface area contributed by atoms with Crippen LogP contribution < -0.4 is 0 Å². The molecule has 0 aromatic carbocycles. The van der Waals surface area contributed by atoms with E-state index in [1.54, 1.807) is 30.3 Å². The minimum Gasteiger partial charge on any atom is -0.466 e. The van der Waals surface area contributed by atoms with Crippen LogP contribution in [0.25, 0.3) is 11.4 Å². The summed E-state index contributed by atoms with van der Waals surface area (Å²) in [7, 11) is 0. The molecule has 2 saturated heterocycles. The Morgan fingerprint density at radius 3 is 2.76 bits per heavy atom. The minimum atomic E-state index is -0.445. The van der Waals surface area contributed by atoms with Crippen molar-refractivity contribution < 1.29 is 18.5 Å². The molecule has 5 heterocycles. The Morgan fingerprint density at radius 2 is 2.00 bits per heavy atom. The zero-order valence-corrected chi connectivity index (χ0v) is 18.9. The molecule has 0 aliphatic carbocycles. The van der Waals surface area contributed by atoms with Crippen LogP contribution in [-0.2, 0) is 4.79 Å². The van der Waals surface area contributed by atoms with E-state index in [1.165, 1.54) is 0 Å². The Hall–Kier alpha value is -3.49. The molecule has 3 aromatic rings. The van der Waals surface area contributed by atoms with Crippen LogP contribution in [0.5, 0.6) is 0 Å². The van der Waals surface area contributed by atoms with Gasteiger partial charge in [-0.25, -0.2) is 0 Å². The van der Waals surface area contributed by atoms with Gasteiger partial charge in [0.2, 0.25) is 17.6 Å². The SMILES string of the molecule is Cc1cc(C(=O)N2CCCC2C(=O)N2CCCC(c3nc(-c4cccnc4)no3)C2)c(C)o1. The quantitative estimate of drug-likeness (QED) is 0.601. The second-order valence-corrected chi connectivity index (χ2v) is 8.80. The standard InChI is InChI=1S/C24H27N5O4/c1-15-12-19(16(2)32-15)23(30)29-11-5-8-20(29)24(31)28-10-4-7-18(14-28)22-26-21(27-33-22)17-6-3-9-25-13-17/h3,6,9,12-13,18,20H,4-5,7-8,10-11,14H2,1-2H3. The Morgan fingerprint density at radius 1 is 1.15 bits per heavy atom. The van der Waals surface area contributed by atoms with Gasteiger partial charge in [0.05, 0.1) is 11.5 Å². The first kappa shape index (κ1) is 21.4. The highest BCUT2D eigenvalue weighted by atomic mass is 16.5. The predicted molar refractivity (Wildman–Crippen MR) is 118 cm³/mol. The van der Waals surface area contributed by atoms with Crippen molar-refractivity contribution in [1.29, 1.82) is 0 Å². The molecule has 2 aliphatic heterocycles. The highest BCUT2D eigenvalue weighted by Gasteiger charge is 2.39. The van der Waals surface area contributed by atoms with Crippen LogP contribution in [0.2, 0.25) is 0 Å². The number of hydrogen-bond acceptors (Lipinski definition) is 7. The van der Waals surface area contributed by atoms with Gasteiger partial charge in [-0.1, -0.05) is 5.16 Å². The summed E-state index contributed by atoms with van der Waals surface area (Å²) in [5.74, 6) is 2.17. The molecule has 0 radical (unpaired) electrons.